The molecule has 1 aliphatic heterocycles. The van der Waals surface area contributed by atoms with Gasteiger partial charge in [0.05, 0.1) is 0 Å². The van der Waals surface area contributed by atoms with Crippen LogP contribution in [0.4, 0.5) is 0 Å². The van der Waals surface area contributed by atoms with Crippen LogP contribution >= 0.6 is 0 Å². The highest BCUT2D eigenvalue weighted by Crippen LogP contribution is 2.41. The highest BCUT2D eigenvalue weighted by molar-refractivity contribution is 6.95. The number of hydrogen-bond donors (Lipinski definition) is 0. The summed E-state index contributed by atoms with van der Waals surface area (Å²) < 4.78 is 76.3. The van der Waals surface area contributed by atoms with Crippen LogP contribution in [0.5, 0.6) is 0 Å². The lowest BCUT2D eigenvalue weighted by Crippen LogP contribution is -2.68. The first-order valence-electron chi connectivity index (χ1n) is 15.4. The summed E-state index contributed by atoms with van der Waals surface area (Å²) in [5, 5.41) is 0. The zero-order valence-electron chi connectivity index (χ0n) is 30.6. The van der Waals surface area contributed by atoms with Gasteiger partial charge in [0, 0.05) is 56.9 Å². The van der Waals surface area contributed by atoms with E-state index in [4.69, 9.17) is 51.9 Å². The first-order chi connectivity index (χ1) is 20.1. The minimum absolute atomic E-state index is 0.707. The molecule has 0 saturated carbocycles. The molecular formula is C24H64O12Si8. The SMILES string of the molecule is CO[Si](C)(CC[Si]1(C)O[Si](C)(CC[Si](C)(OC)OC)O[Si](C)(CC[Si](C)(OC)OC)O[Si](C)(CC[Si](C)(OC)OC)O1)OC. The minimum atomic E-state index is -2.90. The van der Waals surface area contributed by atoms with E-state index in [1.54, 1.807) is 56.9 Å². The number of rotatable bonds is 20. The standard InChI is InChI=1S/C24H64O12Si8/c1-25-37(9,26-2)17-21-41(13)33-42(14,22-18-38(10,27-3)28-4)35-44(16,24-20-40(12,31-7)32-8)36-43(15,34-41)23-19-39(11,29-5)30-6/h17-24H2,1-16H3. The Balaban J connectivity index is 3.67. The quantitative estimate of drug-likeness (QED) is 0.139. The summed E-state index contributed by atoms with van der Waals surface area (Å²) in [6.45, 7) is 16.9. The van der Waals surface area contributed by atoms with Crippen LogP contribution in [-0.4, -0.2) is 125 Å². The van der Waals surface area contributed by atoms with Crippen molar-refractivity contribution in [3.8, 4) is 0 Å². The molecule has 0 N–H and O–H groups in total. The third-order valence-electron chi connectivity index (χ3n) is 9.31. The summed E-state index contributed by atoms with van der Waals surface area (Å²) in [4.78, 5) is 0. The molecule has 1 heterocycles. The fraction of sp³-hybridized carbons (Fsp3) is 1.00. The fourth-order valence-electron chi connectivity index (χ4n) is 5.28. The van der Waals surface area contributed by atoms with Crippen LogP contribution in [0.3, 0.4) is 0 Å². The predicted molar refractivity (Wildman–Crippen MR) is 192 cm³/mol. The van der Waals surface area contributed by atoms with E-state index in [1.807, 2.05) is 0 Å². The molecular weight excluding hydrogens is 705 g/mol. The van der Waals surface area contributed by atoms with E-state index >= 15 is 0 Å². The van der Waals surface area contributed by atoms with Crippen molar-refractivity contribution in [2.24, 2.45) is 0 Å². The van der Waals surface area contributed by atoms with Crippen LogP contribution in [-0.2, 0) is 51.9 Å². The van der Waals surface area contributed by atoms with E-state index in [0.717, 1.165) is 24.2 Å². The predicted octanol–water partition coefficient (Wildman–Crippen LogP) is 5.81. The van der Waals surface area contributed by atoms with Gasteiger partial charge in [0.25, 0.3) is 0 Å². The zero-order valence-corrected chi connectivity index (χ0v) is 38.6. The Kier molecular flexibility index (Phi) is 17.0. The summed E-state index contributed by atoms with van der Waals surface area (Å²) in [6.07, 6.45) is 0. The van der Waals surface area contributed by atoms with Crippen molar-refractivity contribution in [2.45, 2.75) is 101 Å². The van der Waals surface area contributed by atoms with Gasteiger partial charge in [-0.1, -0.05) is 0 Å². The van der Waals surface area contributed by atoms with Gasteiger partial charge in [-0.2, -0.15) is 0 Å². The smallest absolute Gasteiger partial charge is 0.334 e. The Morgan fingerprint density at radius 3 is 0.591 bits per heavy atom. The average molecular weight is 769 g/mol. The Hall–Kier alpha value is 1.26. The third kappa shape index (κ3) is 12.9. The van der Waals surface area contributed by atoms with Gasteiger partial charge in [-0.25, -0.2) is 0 Å². The van der Waals surface area contributed by atoms with Gasteiger partial charge in [0.15, 0.2) is 0 Å². The van der Waals surface area contributed by atoms with E-state index < -0.39 is 68.5 Å². The summed E-state index contributed by atoms with van der Waals surface area (Å²) in [5.74, 6) is 0. The molecule has 1 saturated heterocycles. The molecule has 0 aromatic rings. The lowest BCUT2D eigenvalue weighted by Gasteiger charge is -2.51. The molecule has 1 fully saturated rings. The van der Waals surface area contributed by atoms with Crippen LogP contribution in [0, 0.1) is 0 Å². The van der Waals surface area contributed by atoms with Crippen LogP contribution in [0.2, 0.25) is 101 Å². The molecule has 0 atom stereocenters. The Bertz CT molecular complexity index is 715. The molecule has 12 nitrogen and oxygen atoms in total. The Labute approximate surface area is 277 Å². The van der Waals surface area contributed by atoms with Gasteiger partial charge < -0.3 is 51.9 Å². The molecule has 0 spiro atoms. The summed E-state index contributed by atoms with van der Waals surface area (Å²) in [5.41, 5.74) is 0. The zero-order chi connectivity index (χ0) is 34.1. The van der Waals surface area contributed by atoms with E-state index in [-0.39, 0.29) is 0 Å². The van der Waals surface area contributed by atoms with Crippen molar-refractivity contribution in [1.82, 2.24) is 0 Å². The Morgan fingerprint density at radius 2 is 0.477 bits per heavy atom. The molecule has 0 aliphatic carbocycles. The van der Waals surface area contributed by atoms with E-state index in [9.17, 15) is 0 Å². The van der Waals surface area contributed by atoms with E-state index in [2.05, 4.69) is 52.4 Å². The monoisotopic (exact) mass is 768 g/mol. The van der Waals surface area contributed by atoms with Crippen molar-refractivity contribution < 1.29 is 51.9 Å². The van der Waals surface area contributed by atoms with E-state index in [1.165, 1.54) is 0 Å². The minimum Gasteiger partial charge on any atom is -0.416 e. The molecule has 44 heavy (non-hydrogen) atoms. The third-order valence-corrected chi connectivity index (χ3v) is 41.3. The number of hydrogen-bond acceptors (Lipinski definition) is 12. The van der Waals surface area contributed by atoms with Gasteiger partial charge in [-0.05, 0) is 101 Å². The lowest BCUT2D eigenvalue weighted by atomic mass is 10.9. The topological polar surface area (TPSA) is 111 Å². The molecule has 0 bridgehead atoms. The van der Waals surface area contributed by atoms with Crippen molar-refractivity contribution >= 4 is 68.5 Å². The second kappa shape index (κ2) is 17.3. The Morgan fingerprint density at radius 1 is 0.341 bits per heavy atom. The van der Waals surface area contributed by atoms with Gasteiger partial charge in [-0.15, -0.1) is 0 Å². The molecule has 20 heteroatoms. The molecule has 0 radical (unpaired) electrons. The largest absolute Gasteiger partial charge is 0.416 e. The van der Waals surface area contributed by atoms with Crippen molar-refractivity contribution in [2.75, 3.05) is 56.9 Å². The van der Waals surface area contributed by atoms with Crippen LogP contribution in [0.25, 0.3) is 0 Å². The summed E-state index contributed by atoms with van der Waals surface area (Å²) in [6, 6.07) is 5.78. The normalized spacial score (nSPS) is 29.5. The fourth-order valence-corrected chi connectivity index (χ4v) is 42.2. The molecule has 1 rings (SSSR count). The molecule has 0 aromatic heterocycles. The van der Waals surface area contributed by atoms with Crippen molar-refractivity contribution in [3.63, 3.8) is 0 Å². The maximum atomic E-state index is 7.34. The molecule has 1 aliphatic rings. The molecule has 0 unspecified atom stereocenters. The van der Waals surface area contributed by atoms with Crippen molar-refractivity contribution in [3.05, 3.63) is 0 Å². The summed E-state index contributed by atoms with van der Waals surface area (Å²) >= 11 is 0. The van der Waals surface area contributed by atoms with Gasteiger partial charge in [0.2, 0.25) is 0 Å². The van der Waals surface area contributed by atoms with Gasteiger partial charge >= 0.3 is 68.5 Å². The van der Waals surface area contributed by atoms with Gasteiger partial charge in [0.1, 0.15) is 0 Å². The highest BCUT2D eigenvalue weighted by Gasteiger charge is 2.58. The summed E-state index contributed by atoms with van der Waals surface area (Å²) in [7, 11) is -7.43. The highest BCUT2D eigenvalue weighted by atomic mass is 28.5. The first-order valence-corrected chi connectivity index (χ1v) is 35.5. The van der Waals surface area contributed by atoms with Crippen molar-refractivity contribution in [1.29, 1.82) is 0 Å². The molecule has 0 amide bonds. The maximum Gasteiger partial charge on any atom is 0.334 e. The van der Waals surface area contributed by atoms with Gasteiger partial charge in [-0.3, -0.25) is 0 Å². The van der Waals surface area contributed by atoms with Crippen LogP contribution in [0.1, 0.15) is 0 Å². The molecule has 0 aromatic carbocycles. The second-order valence-electron chi connectivity index (χ2n) is 13.1. The lowest BCUT2D eigenvalue weighted by molar-refractivity contribution is 0.213. The maximum absolute atomic E-state index is 7.34. The first kappa shape index (κ1) is 43.3. The molecule has 264 valence electrons. The average Bonchev–Trinajstić information content (AvgIpc) is 2.99. The van der Waals surface area contributed by atoms with E-state index in [0.29, 0.717) is 24.2 Å². The second-order valence-corrected chi connectivity index (χ2v) is 41.8. The van der Waals surface area contributed by atoms with Crippen LogP contribution in [0.15, 0.2) is 0 Å². The van der Waals surface area contributed by atoms with Crippen LogP contribution < -0.4 is 0 Å².